The third kappa shape index (κ3) is 3.07. The minimum Gasteiger partial charge on any atom is -0.384 e. The molecular weight excluding hydrogens is 230 g/mol. The normalized spacial score (nSPS) is 10.1. The average Bonchev–Trinajstić information content (AvgIpc) is 2.38. The van der Waals surface area contributed by atoms with Crippen LogP contribution in [0.2, 0.25) is 0 Å². The van der Waals surface area contributed by atoms with Crippen LogP contribution in [0.25, 0.3) is 0 Å². The van der Waals surface area contributed by atoms with Gasteiger partial charge in [0, 0.05) is 17.5 Å². The van der Waals surface area contributed by atoms with Crippen molar-refractivity contribution in [1.82, 2.24) is 4.98 Å². The quantitative estimate of drug-likeness (QED) is 0.493. The van der Waals surface area contributed by atoms with Gasteiger partial charge in [-0.15, -0.1) is 11.8 Å². The fourth-order valence-electron chi connectivity index (χ4n) is 1.44. The maximum atomic E-state index is 7.48. The minimum absolute atomic E-state index is 0.0636. The van der Waals surface area contributed by atoms with E-state index in [2.05, 4.69) is 17.1 Å². The maximum absolute atomic E-state index is 7.48. The molecule has 0 aliphatic rings. The molecule has 0 fully saturated rings. The summed E-state index contributed by atoms with van der Waals surface area (Å²) in [5.41, 5.74) is 7.45. The lowest BCUT2D eigenvalue weighted by Crippen LogP contribution is -2.12. The third-order valence-corrected chi connectivity index (χ3v) is 3.36. The summed E-state index contributed by atoms with van der Waals surface area (Å²) in [5, 5.41) is 8.29. The number of rotatable bonds is 4. The van der Waals surface area contributed by atoms with Crippen molar-refractivity contribution < 1.29 is 0 Å². The van der Waals surface area contributed by atoms with Crippen molar-refractivity contribution in [2.45, 2.75) is 10.8 Å². The first kappa shape index (κ1) is 11.7. The van der Waals surface area contributed by atoms with Gasteiger partial charge < -0.3 is 5.73 Å². The maximum Gasteiger partial charge on any atom is 0.125 e. The lowest BCUT2D eigenvalue weighted by atomic mass is 10.2. The summed E-state index contributed by atoms with van der Waals surface area (Å²) in [6.07, 6.45) is 1.72. The molecule has 2 rings (SSSR count). The van der Waals surface area contributed by atoms with Gasteiger partial charge in [0.25, 0.3) is 0 Å². The summed E-state index contributed by atoms with van der Waals surface area (Å²) in [7, 11) is 0. The van der Waals surface area contributed by atoms with E-state index in [0.717, 1.165) is 10.8 Å². The molecule has 0 atom stereocenters. The number of benzene rings is 1. The van der Waals surface area contributed by atoms with E-state index in [1.54, 1.807) is 24.0 Å². The fourth-order valence-corrected chi connectivity index (χ4v) is 2.40. The van der Waals surface area contributed by atoms with Crippen LogP contribution in [0.4, 0.5) is 0 Å². The van der Waals surface area contributed by atoms with Crippen molar-refractivity contribution in [3.63, 3.8) is 0 Å². The predicted octanol–water partition coefficient (Wildman–Crippen LogP) is 2.66. The highest BCUT2D eigenvalue weighted by Crippen LogP contribution is 2.23. The number of nitrogen functional groups attached to an aromatic ring is 1. The fraction of sp³-hybridized carbons (Fsp3) is 0.0769. The summed E-state index contributed by atoms with van der Waals surface area (Å²) in [4.78, 5) is 4.26. The number of hydrogen-bond acceptors (Lipinski definition) is 3. The van der Waals surface area contributed by atoms with Crippen LogP contribution in [0.1, 0.15) is 11.1 Å². The van der Waals surface area contributed by atoms with E-state index in [0.29, 0.717) is 5.56 Å². The molecule has 0 saturated heterocycles. The largest absolute Gasteiger partial charge is 0.384 e. The number of pyridine rings is 1. The van der Waals surface area contributed by atoms with Gasteiger partial charge in [-0.05, 0) is 17.7 Å². The summed E-state index contributed by atoms with van der Waals surface area (Å²) < 4.78 is 0. The highest BCUT2D eigenvalue weighted by molar-refractivity contribution is 7.98. The van der Waals surface area contributed by atoms with Gasteiger partial charge >= 0.3 is 0 Å². The lowest BCUT2D eigenvalue weighted by molar-refractivity contribution is 1.11. The molecule has 1 aromatic heterocycles. The molecule has 1 aromatic carbocycles. The van der Waals surface area contributed by atoms with Crippen LogP contribution in [-0.2, 0) is 5.75 Å². The van der Waals surface area contributed by atoms with Crippen LogP contribution in [0, 0.1) is 5.41 Å². The van der Waals surface area contributed by atoms with Crippen LogP contribution in [0.15, 0.2) is 53.7 Å². The molecule has 3 N–H and O–H groups in total. The van der Waals surface area contributed by atoms with Gasteiger partial charge in [0.05, 0.1) is 0 Å². The molecule has 0 amide bonds. The van der Waals surface area contributed by atoms with Gasteiger partial charge in [0.2, 0.25) is 0 Å². The van der Waals surface area contributed by atoms with Gasteiger partial charge in [0.1, 0.15) is 10.9 Å². The zero-order valence-electron chi connectivity index (χ0n) is 9.26. The molecule has 3 nitrogen and oxygen atoms in total. The van der Waals surface area contributed by atoms with Gasteiger partial charge in [-0.25, -0.2) is 4.98 Å². The van der Waals surface area contributed by atoms with E-state index >= 15 is 0 Å². The van der Waals surface area contributed by atoms with E-state index < -0.39 is 0 Å². The lowest BCUT2D eigenvalue weighted by Gasteiger charge is -2.06. The van der Waals surface area contributed by atoms with E-state index in [9.17, 15) is 0 Å². The van der Waals surface area contributed by atoms with Crippen LogP contribution in [0.5, 0.6) is 0 Å². The van der Waals surface area contributed by atoms with Gasteiger partial charge in [-0.3, -0.25) is 5.41 Å². The van der Waals surface area contributed by atoms with Gasteiger partial charge in [-0.1, -0.05) is 30.3 Å². The monoisotopic (exact) mass is 243 g/mol. The second-order valence-electron chi connectivity index (χ2n) is 3.54. The summed E-state index contributed by atoms with van der Waals surface area (Å²) in [6, 6.07) is 13.8. The number of hydrogen-bond donors (Lipinski definition) is 2. The molecule has 0 aliphatic carbocycles. The second kappa shape index (κ2) is 5.50. The zero-order valence-corrected chi connectivity index (χ0v) is 10.1. The van der Waals surface area contributed by atoms with Crippen LogP contribution >= 0.6 is 11.8 Å². The zero-order chi connectivity index (χ0) is 12.1. The Kier molecular flexibility index (Phi) is 3.77. The van der Waals surface area contributed by atoms with Crippen molar-refractivity contribution in [3.8, 4) is 0 Å². The number of nitrogens with one attached hydrogen (secondary N) is 1. The Morgan fingerprint density at radius 3 is 2.65 bits per heavy atom. The van der Waals surface area contributed by atoms with Crippen molar-refractivity contribution in [1.29, 1.82) is 5.41 Å². The molecular formula is C13H13N3S. The highest BCUT2D eigenvalue weighted by atomic mass is 32.2. The number of nitrogens with two attached hydrogens (primary N) is 1. The molecule has 0 radical (unpaired) electrons. The summed E-state index contributed by atoms with van der Waals surface area (Å²) in [6.45, 7) is 0. The summed E-state index contributed by atoms with van der Waals surface area (Å²) >= 11 is 1.60. The SMILES string of the molecule is N=C(N)c1cccnc1SCc1ccccc1. The second-order valence-corrected chi connectivity index (χ2v) is 4.51. The Morgan fingerprint density at radius 2 is 1.94 bits per heavy atom. The van der Waals surface area contributed by atoms with Gasteiger partial charge in [-0.2, -0.15) is 0 Å². The van der Waals surface area contributed by atoms with Crippen LogP contribution < -0.4 is 5.73 Å². The van der Waals surface area contributed by atoms with Crippen molar-refractivity contribution in [3.05, 3.63) is 59.8 Å². The Hall–Kier alpha value is -1.81. The molecule has 0 bridgehead atoms. The van der Waals surface area contributed by atoms with E-state index in [1.807, 2.05) is 24.3 Å². The topological polar surface area (TPSA) is 62.8 Å². The predicted molar refractivity (Wildman–Crippen MR) is 71.3 cm³/mol. The molecule has 86 valence electrons. The Bertz CT molecular complexity index is 511. The summed E-state index contributed by atoms with van der Waals surface area (Å²) in [5.74, 6) is 0.895. The Morgan fingerprint density at radius 1 is 1.18 bits per heavy atom. The first-order chi connectivity index (χ1) is 8.27. The van der Waals surface area contributed by atoms with Crippen molar-refractivity contribution >= 4 is 17.6 Å². The number of thioether (sulfide) groups is 1. The van der Waals surface area contributed by atoms with Crippen LogP contribution in [0.3, 0.4) is 0 Å². The van der Waals surface area contributed by atoms with Crippen molar-refractivity contribution in [2.24, 2.45) is 5.73 Å². The Labute approximate surface area is 105 Å². The third-order valence-electron chi connectivity index (χ3n) is 2.28. The average molecular weight is 243 g/mol. The first-order valence-corrected chi connectivity index (χ1v) is 6.22. The molecule has 0 spiro atoms. The molecule has 17 heavy (non-hydrogen) atoms. The van der Waals surface area contributed by atoms with Crippen molar-refractivity contribution in [2.75, 3.05) is 0 Å². The molecule has 0 saturated carbocycles. The molecule has 2 aromatic rings. The smallest absolute Gasteiger partial charge is 0.125 e. The number of aromatic nitrogens is 1. The first-order valence-electron chi connectivity index (χ1n) is 5.23. The molecule has 1 heterocycles. The standard InChI is InChI=1S/C13H13N3S/c14-12(15)11-7-4-8-16-13(11)17-9-10-5-2-1-3-6-10/h1-8H,9H2,(H3,14,15). The number of amidine groups is 1. The van der Waals surface area contributed by atoms with Crippen LogP contribution in [-0.4, -0.2) is 10.8 Å². The van der Waals surface area contributed by atoms with E-state index in [1.165, 1.54) is 5.56 Å². The Balaban J connectivity index is 2.12. The number of nitrogens with zero attached hydrogens (tertiary/aromatic N) is 1. The van der Waals surface area contributed by atoms with E-state index in [-0.39, 0.29) is 5.84 Å². The molecule has 0 aliphatic heterocycles. The highest BCUT2D eigenvalue weighted by Gasteiger charge is 2.06. The minimum atomic E-state index is 0.0636. The van der Waals surface area contributed by atoms with Gasteiger partial charge in [0.15, 0.2) is 0 Å². The molecule has 0 unspecified atom stereocenters. The molecule has 4 heteroatoms. The van der Waals surface area contributed by atoms with E-state index in [4.69, 9.17) is 11.1 Å².